The Hall–Kier alpha value is -2.46. The van der Waals surface area contributed by atoms with Crippen molar-refractivity contribution in [2.24, 2.45) is 0 Å². The molecule has 1 aromatic heterocycles. The number of rotatable bonds is 4. The lowest BCUT2D eigenvalue weighted by molar-refractivity contribution is -0.157. The van der Waals surface area contributed by atoms with Gasteiger partial charge in [0.1, 0.15) is 24.6 Å². The van der Waals surface area contributed by atoms with Crippen LogP contribution in [0.5, 0.6) is 0 Å². The minimum Gasteiger partial charge on any atom is -0.463 e. The van der Waals surface area contributed by atoms with Crippen molar-refractivity contribution in [2.45, 2.75) is 45.3 Å². The first-order valence-electron chi connectivity index (χ1n) is 7.20. The number of nitrogens with zero attached hydrogens (tertiary/aromatic N) is 2. The van der Waals surface area contributed by atoms with Gasteiger partial charge in [-0.05, 0) is 6.92 Å². The molecule has 10 nitrogen and oxygen atoms in total. The van der Waals surface area contributed by atoms with Crippen molar-refractivity contribution in [2.75, 3.05) is 12.3 Å². The number of aliphatic hydroxyl groups is 1. The van der Waals surface area contributed by atoms with Crippen LogP contribution in [0.3, 0.4) is 0 Å². The van der Waals surface area contributed by atoms with Gasteiger partial charge in [0, 0.05) is 25.6 Å². The first-order valence-corrected chi connectivity index (χ1v) is 7.20. The summed E-state index contributed by atoms with van der Waals surface area (Å²) in [6, 6.07) is 0. The number of ether oxygens (including phenoxy) is 3. The van der Waals surface area contributed by atoms with Gasteiger partial charge in [-0.1, -0.05) is 0 Å². The van der Waals surface area contributed by atoms with Crippen LogP contribution in [-0.4, -0.2) is 51.5 Å². The molecule has 3 N–H and O–H groups in total. The molecule has 1 aliphatic heterocycles. The highest BCUT2D eigenvalue weighted by atomic mass is 16.6. The van der Waals surface area contributed by atoms with Gasteiger partial charge in [0.05, 0.1) is 0 Å². The first kappa shape index (κ1) is 17.9. The lowest BCUT2D eigenvalue weighted by atomic mass is 10.1. The van der Waals surface area contributed by atoms with Crippen molar-refractivity contribution in [3.63, 3.8) is 0 Å². The van der Waals surface area contributed by atoms with E-state index >= 15 is 0 Å². The van der Waals surface area contributed by atoms with E-state index in [2.05, 4.69) is 4.98 Å². The van der Waals surface area contributed by atoms with Gasteiger partial charge >= 0.3 is 17.6 Å². The second-order valence-corrected chi connectivity index (χ2v) is 5.43. The summed E-state index contributed by atoms with van der Waals surface area (Å²) in [6.45, 7) is 3.78. The maximum atomic E-state index is 12.0. The molecule has 0 aromatic carbocycles. The molecule has 1 aromatic rings. The Bertz CT molecular complexity index is 702. The quantitative estimate of drug-likeness (QED) is 0.651. The zero-order valence-corrected chi connectivity index (χ0v) is 13.5. The summed E-state index contributed by atoms with van der Waals surface area (Å²) in [5.41, 5.74) is 5.36. The molecule has 0 radical (unpaired) electrons. The van der Waals surface area contributed by atoms with Crippen LogP contribution in [-0.2, 0) is 23.8 Å². The SMILES string of the molecule is CC(=O)OC[C@H]1O[C@@H](n2cc(C)c(N)nc2=O)[C@@H](O)[C@@H]1OC(C)=O. The molecule has 0 amide bonds. The van der Waals surface area contributed by atoms with Crippen LogP contribution in [0.2, 0.25) is 0 Å². The van der Waals surface area contributed by atoms with E-state index in [4.69, 9.17) is 19.9 Å². The van der Waals surface area contributed by atoms with Gasteiger partial charge < -0.3 is 25.1 Å². The minimum absolute atomic E-state index is 0.0664. The molecule has 132 valence electrons. The van der Waals surface area contributed by atoms with E-state index in [-0.39, 0.29) is 12.4 Å². The van der Waals surface area contributed by atoms with E-state index < -0.39 is 42.2 Å². The van der Waals surface area contributed by atoms with Crippen molar-refractivity contribution in [3.8, 4) is 0 Å². The smallest absolute Gasteiger partial charge is 0.351 e. The van der Waals surface area contributed by atoms with E-state index in [1.165, 1.54) is 20.0 Å². The Morgan fingerprint density at radius 1 is 1.42 bits per heavy atom. The van der Waals surface area contributed by atoms with Gasteiger partial charge in [-0.25, -0.2) is 4.79 Å². The van der Waals surface area contributed by atoms with Crippen molar-refractivity contribution in [1.29, 1.82) is 0 Å². The number of carbonyl (C=O) groups excluding carboxylic acids is 2. The van der Waals surface area contributed by atoms with Gasteiger partial charge in [0.2, 0.25) is 0 Å². The number of hydrogen-bond acceptors (Lipinski definition) is 9. The molecule has 2 heterocycles. The average molecular weight is 341 g/mol. The second-order valence-electron chi connectivity index (χ2n) is 5.43. The molecule has 4 atom stereocenters. The molecule has 1 fully saturated rings. The molecule has 0 aliphatic carbocycles. The highest BCUT2D eigenvalue weighted by Gasteiger charge is 2.47. The van der Waals surface area contributed by atoms with Crippen LogP contribution in [0.1, 0.15) is 25.6 Å². The first-order chi connectivity index (χ1) is 11.2. The predicted molar refractivity (Wildman–Crippen MR) is 79.8 cm³/mol. The standard InChI is InChI=1S/C14H19N3O7/c1-6-4-17(14(21)16-12(6)15)13-10(20)11(23-8(3)19)9(24-13)5-22-7(2)18/h4,9-11,13,20H,5H2,1-3H3,(H2,15,16,21)/t9-,10+,11-,13-/m1/s1. The highest BCUT2D eigenvalue weighted by molar-refractivity contribution is 5.66. The van der Waals surface area contributed by atoms with Crippen LogP contribution >= 0.6 is 0 Å². The number of nitrogens with two attached hydrogens (primary N) is 1. The summed E-state index contributed by atoms with van der Waals surface area (Å²) in [5, 5.41) is 10.4. The van der Waals surface area contributed by atoms with Gasteiger partial charge in [-0.2, -0.15) is 4.98 Å². The number of nitrogen functional groups attached to an aromatic ring is 1. The molecule has 1 aliphatic rings. The molecular weight excluding hydrogens is 322 g/mol. The van der Waals surface area contributed by atoms with E-state index in [9.17, 15) is 19.5 Å². The van der Waals surface area contributed by atoms with Crippen molar-refractivity contribution in [1.82, 2.24) is 9.55 Å². The Labute approximate surface area is 137 Å². The largest absolute Gasteiger partial charge is 0.463 e. The highest BCUT2D eigenvalue weighted by Crippen LogP contribution is 2.31. The van der Waals surface area contributed by atoms with E-state index in [1.54, 1.807) is 6.92 Å². The third-order valence-corrected chi connectivity index (χ3v) is 3.51. The molecule has 0 saturated carbocycles. The van der Waals surface area contributed by atoms with Crippen molar-refractivity contribution >= 4 is 17.8 Å². The molecule has 10 heteroatoms. The maximum absolute atomic E-state index is 12.0. The number of hydrogen-bond donors (Lipinski definition) is 2. The average Bonchev–Trinajstić information content (AvgIpc) is 2.77. The monoisotopic (exact) mass is 341 g/mol. The second kappa shape index (κ2) is 6.97. The predicted octanol–water partition coefficient (Wildman–Crippen LogP) is -1.11. The van der Waals surface area contributed by atoms with E-state index in [0.29, 0.717) is 5.56 Å². The van der Waals surface area contributed by atoms with Crippen LogP contribution in [0.25, 0.3) is 0 Å². The Balaban J connectivity index is 2.31. The number of aryl methyl sites for hydroxylation is 1. The zero-order valence-electron chi connectivity index (χ0n) is 13.5. The fraction of sp³-hybridized carbons (Fsp3) is 0.571. The lowest BCUT2D eigenvalue weighted by Crippen LogP contribution is -2.39. The van der Waals surface area contributed by atoms with Gasteiger partial charge in [0.25, 0.3) is 0 Å². The zero-order chi connectivity index (χ0) is 18.0. The van der Waals surface area contributed by atoms with Crippen LogP contribution < -0.4 is 11.4 Å². The summed E-state index contributed by atoms with van der Waals surface area (Å²) in [4.78, 5) is 37.9. The summed E-state index contributed by atoms with van der Waals surface area (Å²) in [5.74, 6) is -1.13. The Kier molecular flexibility index (Phi) is 5.20. The Morgan fingerprint density at radius 2 is 2.08 bits per heavy atom. The summed E-state index contributed by atoms with van der Waals surface area (Å²) >= 11 is 0. The molecule has 0 spiro atoms. The number of carbonyl (C=O) groups is 2. The fourth-order valence-electron chi connectivity index (χ4n) is 2.38. The topological polar surface area (TPSA) is 143 Å². The Morgan fingerprint density at radius 3 is 2.67 bits per heavy atom. The molecule has 1 saturated heterocycles. The number of esters is 2. The number of anilines is 1. The fourth-order valence-corrected chi connectivity index (χ4v) is 2.38. The minimum atomic E-state index is -1.35. The summed E-state index contributed by atoms with van der Waals surface area (Å²) in [7, 11) is 0. The molecular formula is C14H19N3O7. The van der Waals surface area contributed by atoms with Crippen molar-refractivity contribution < 1.29 is 28.9 Å². The van der Waals surface area contributed by atoms with Crippen LogP contribution in [0, 0.1) is 6.92 Å². The number of aliphatic hydroxyl groups excluding tert-OH is 1. The van der Waals surface area contributed by atoms with E-state index in [1.807, 2.05) is 0 Å². The molecule has 2 rings (SSSR count). The normalized spacial score (nSPS) is 26.2. The van der Waals surface area contributed by atoms with Crippen LogP contribution in [0.4, 0.5) is 5.82 Å². The molecule has 0 unspecified atom stereocenters. The van der Waals surface area contributed by atoms with Crippen molar-refractivity contribution in [3.05, 3.63) is 22.2 Å². The van der Waals surface area contributed by atoms with Gasteiger partial charge in [-0.15, -0.1) is 0 Å². The third kappa shape index (κ3) is 3.71. The number of aromatic nitrogens is 2. The third-order valence-electron chi connectivity index (χ3n) is 3.51. The summed E-state index contributed by atoms with van der Waals surface area (Å²) in [6.07, 6.45) is -3.15. The van der Waals surface area contributed by atoms with Crippen LogP contribution in [0.15, 0.2) is 11.0 Å². The molecule has 0 bridgehead atoms. The maximum Gasteiger partial charge on any atom is 0.351 e. The summed E-state index contributed by atoms with van der Waals surface area (Å²) < 4.78 is 16.5. The van der Waals surface area contributed by atoms with E-state index in [0.717, 1.165) is 4.57 Å². The molecule has 24 heavy (non-hydrogen) atoms. The van der Waals surface area contributed by atoms with Gasteiger partial charge in [0.15, 0.2) is 12.3 Å². The lowest BCUT2D eigenvalue weighted by Gasteiger charge is -2.20. The van der Waals surface area contributed by atoms with Gasteiger partial charge in [-0.3, -0.25) is 14.2 Å².